The van der Waals surface area contributed by atoms with Crippen LogP contribution in [0.3, 0.4) is 0 Å². The van der Waals surface area contributed by atoms with Crippen molar-refractivity contribution < 1.29 is 19.3 Å². The van der Waals surface area contributed by atoms with E-state index in [-0.39, 0.29) is 30.2 Å². The summed E-state index contributed by atoms with van der Waals surface area (Å²) in [6, 6.07) is 4.72. The number of benzene rings is 1. The number of carbonyl (C=O) groups is 3. The highest BCUT2D eigenvalue weighted by Crippen LogP contribution is 2.23. The number of nitrogens with zero attached hydrogens (tertiary/aromatic N) is 2. The number of carbonyl (C=O) groups excluding carboxylic acids is 3. The van der Waals surface area contributed by atoms with Crippen molar-refractivity contribution in [1.82, 2.24) is 10.2 Å². The van der Waals surface area contributed by atoms with Crippen LogP contribution in [0, 0.1) is 10.1 Å². The van der Waals surface area contributed by atoms with Crippen LogP contribution in [-0.2, 0) is 9.59 Å². The zero-order chi connectivity index (χ0) is 18.4. The lowest BCUT2D eigenvalue weighted by Gasteiger charge is -2.13. The van der Waals surface area contributed by atoms with Crippen LogP contribution in [0.5, 0.6) is 0 Å². The van der Waals surface area contributed by atoms with Crippen molar-refractivity contribution in [2.45, 2.75) is 38.6 Å². The molecule has 9 heteroatoms. The summed E-state index contributed by atoms with van der Waals surface area (Å²) in [5.74, 6) is -0.844. The molecule has 4 amide bonds. The van der Waals surface area contributed by atoms with Gasteiger partial charge in [-0.05, 0) is 12.5 Å². The monoisotopic (exact) mass is 348 g/mol. The third kappa shape index (κ3) is 4.52. The number of imide groups is 1. The molecule has 0 unspecified atom stereocenters. The summed E-state index contributed by atoms with van der Waals surface area (Å²) in [4.78, 5) is 47.4. The molecule has 1 fully saturated rings. The quantitative estimate of drug-likeness (QED) is 0.423. The molecule has 1 aromatic rings. The topological polar surface area (TPSA) is 122 Å². The number of para-hydroxylation sites is 2. The van der Waals surface area contributed by atoms with E-state index in [0.29, 0.717) is 6.42 Å². The molecule has 0 aromatic heterocycles. The zero-order valence-electron chi connectivity index (χ0n) is 13.9. The van der Waals surface area contributed by atoms with E-state index in [4.69, 9.17) is 0 Å². The molecule has 1 saturated heterocycles. The molecule has 9 nitrogen and oxygen atoms in total. The summed E-state index contributed by atoms with van der Waals surface area (Å²) in [7, 11) is 0. The molecule has 134 valence electrons. The van der Waals surface area contributed by atoms with Gasteiger partial charge in [0.25, 0.3) is 11.6 Å². The maximum absolute atomic E-state index is 12.2. The number of nitro benzene ring substituents is 1. The van der Waals surface area contributed by atoms with E-state index in [1.165, 1.54) is 18.2 Å². The van der Waals surface area contributed by atoms with Crippen LogP contribution in [0.4, 0.5) is 16.2 Å². The lowest BCUT2D eigenvalue weighted by Crippen LogP contribution is -2.34. The van der Waals surface area contributed by atoms with Crippen molar-refractivity contribution in [2.24, 2.45) is 0 Å². The Morgan fingerprint density at radius 3 is 2.76 bits per heavy atom. The molecular weight excluding hydrogens is 328 g/mol. The molecule has 0 spiro atoms. The van der Waals surface area contributed by atoms with Gasteiger partial charge >= 0.3 is 6.03 Å². The number of nitrogens with one attached hydrogen (secondary N) is 2. The first-order valence-corrected chi connectivity index (χ1v) is 8.09. The number of unbranched alkanes of at least 4 members (excludes halogenated alkanes) is 1. The lowest BCUT2D eigenvalue weighted by molar-refractivity contribution is -0.383. The summed E-state index contributed by atoms with van der Waals surface area (Å²) < 4.78 is 0. The molecule has 1 atom stereocenters. The maximum atomic E-state index is 12.2. The number of amides is 4. The van der Waals surface area contributed by atoms with Gasteiger partial charge in [-0.3, -0.25) is 24.6 Å². The molecule has 2 N–H and O–H groups in total. The molecule has 0 bridgehead atoms. The molecule has 25 heavy (non-hydrogen) atoms. The number of hydrogen-bond acceptors (Lipinski definition) is 5. The molecule has 1 aromatic carbocycles. The smallest absolute Gasteiger partial charge is 0.324 e. The normalized spacial score (nSPS) is 16.7. The average molecular weight is 348 g/mol. The summed E-state index contributed by atoms with van der Waals surface area (Å²) in [6.45, 7) is 1.92. The van der Waals surface area contributed by atoms with Gasteiger partial charge in [-0.2, -0.15) is 0 Å². The number of nitro groups is 1. The minimum absolute atomic E-state index is 0.0697. The fraction of sp³-hybridized carbons (Fsp3) is 0.438. The maximum Gasteiger partial charge on any atom is 0.324 e. The molecule has 0 aliphatic carbocycles. The van der Waals surface area contributed by atoms with Crippen molar-refractivity contribution in [2.75, 3.05) is 11.9 Å². The molecule has 2 rings (SSSR count). The lowest BCUT2D eigenvalue weighted by atomic mass is 10.1. The Morgan fingerprint density at radius 2 is 2.08 bits per heavy atom. The van der Waals surface area contributed by atoms with Crippen molar-refractivity contribution in [3.05, 3.63) is 34.4 Å². The van der Waals surface area contributed by atoms with E-state index < -0.39 is 22.9 Å². The second kappa shape index (κ2) is 8.22. The van der Waals surface area contributed by atoms with E-state index in [2.05, 4.69) is 10.6 Å². The van der Waals surface area contributed by atoms with Gasteiger partial charge in [0.05, 0.1) is 4.92 Å². The van der Waals surface area contributed by atoms with Crippen molar-refractivity contribution in [1.29, 1.82) is 0 Å². The molecule has 0 radical (unpaired) electrons. The van der Waals surface area contributed by atoms with Gasteiger partial charge in [-0.15, -0.1) is 0 Å². The highest BCUT2D eigenvalue weighted by atomic mass is 16.6. The highest BCUT2D eigenvalue weighted by Gasteiger charge is 2.37. The average Bonchev–Trinajstić information content (AvgIpc) is 2.85. The Balaban J connectivity index is 1.91. The van der Waals surface area contributed by atoms with Crippen LogP contribution in [0.1, 0.15) is 32.6 Å². The Bertz CT molecular complexity index is 691. The first-order valence-electron chi connectivity index (χ1n) is 8.09. The third-order valence-corrected chi connectivity index (χ3v) is 3.89. The van der Waals surface area contributed by atoms with Crippen LogP contribution in [-0.4, -0.2) is 40.3 Å². The Labute approximate surface area is 144 Å². The van der Waals surface area contributed by atoms with E-state index in [0.717, 1.165) is 17.7 Å². The fourth-order valence-corrected chi connectivity index (χ4v) is 2.56. The van der Waals surface area contributed by atoms with Gasteiger partial charge < -0.3 is 10.6 Å². The summed E-state index contributed by atoms with van der Waals surface area (Å²) in [6.07, 6.45) is 2.17. The van der Waals surface area contributed by atoms with Crippen molar-refractivity contribution in [3.8, 4) is 0 Å². The third-order valence-electron chi connectivity index (χ3n) is 3.89. The minimum Gasteiger partial charge on any atom is -0.326 e. The van der Waals surface area contributed by atoms with Gasteiger partial charge in [0.2, 0.25) is 5.91 Å². The first-order chi connectivity index (χ1) is 11.9. The second-order valence-corrected chi connectivity index (χ2v) is 5.71. The number of hydrogen-bond donors (Lipinski definition) is 2. The Hall–Kier alpha value is -2.97. The van der Waals surface area contributed by atoms with Crippen molar-refractivity contribution in [3.63, 3.8) is 0 Å². The predicted octanol–water partition coefficient (Wildman–Crippen LogP) is 2.03. The largest absolute Gasteiger partial charge is 0.326 e. The Kier molecular flexibility index (Phi) is 6.04. The van der Waals surface area contributed by atoms with E-state index in [1.807, 2.05) is 6.92 Å². The second-order valence-electron chi connectivity index (χ2n) is 5.71. The predicted molar refractivity (Wildman–Crippen MR) is 89.9 cm³/mol. The summed E-state index contributed by atoms with van der Waals surface area (Å²) >= 11 is 0. The molecule has 1 heterocycles. The summed E-state index contributed by atoms with van der Waals surface area (Å²) in [5.41, 5.74) is -0.138. The molecule has 1 aliphatic heterocycles. The number of anilines is 1. The van der Waals surface area contributed by atoms with E-state index in [1.54, 1.807) is 6.07 Å². The van der Waals surface area contributed by atoms with Gasteiger partial charge in [0.1, 0.15) is 11.7 Å². The zero-order valence-corrected chi connectivity index (χ0v) is 13.9. The first kappa shape index (κ1) is 18.4. The van der Waals surface area contributed by atoms with E-state index >= 15 is 0 Å². The SMILES string of the molecule is CCCC[C@H]1NC(=O)N(CCC(=O)Nc2ccccc2[N+](=O)[O-])C1=O. The van der Waals surface area contributed by atoms with Crippen LogP contribution in [0.2, 0.25) is 0 Å². The van der Waals surface area contributed by atoms with Crippen LogP contribution >= 0.6 is 0 Å². The van der Waals surface area contributed by atoms with Crippen LogP contribution < -0.4 is 10.6 Å². The molecular formula is C16H20N4O5. The Morgan fingerprint density at radius 1 is 1.36 bits per heavy atom. The van der Waals surface area contributed by atoms with Crippen LogP contribution in [0.15, 0.2) is 24.3 Å². The van der Waals surface area contributed by atoms with Gasteiger partial charge in [-0.25, -0.2) is 4.79 Å². The standard InChI is InChI=1S/C16H20N4O5/c1-2-3-6-12-15(22)19(16(23)18-12)10-9-14(21)17-11-7-4-5-8-13(11)20(24)25/h4-5,7-8,12H,2-3,6,9-10H2,1H3,(H,17,21)(H,18,23)/t12-/m1/s1. The van der Waals surface area contributed by atoms with Crippen molar-refractivity contribution >= 4 is 29.2 Å². The van der Waals surface area contributed by atoms with Crippen LogP contribution in [0.25, 0.3) is 0 Å². The summed E-state index contributed by atoms with van der Waals surface area (Å²) in [5, 5.41) is 16.0. The van der Waals surface area contributed by atoms with Gasteiger partial charge in [-0.1, -0.05) is 31.9 Å². The van der Waals surface area contributed by atoms with E-state index in [9.17, 15) is 24.5 Å². The molecule has 0 saturated carbocycles. The van der Waals surface area contributed by atoms with Gasteiger partial charge in [0, 0.05) is 19.0 Å². The fourth-order valence-electron chi connectivity index (χ4n) is 2.56. The number of rotatable bonds is 8. The highest BCUT2D eigenvalue weighted by molar-refractivity contribution is 6.04. The molecule has 1 aliphatic rings. The minimum atomic E-state index is -0.592. The number of urea groups is 1. The van der Waals surface area contributed by atoms with Gasteiger partial charge in [0.15, 0.2) is 0 Å².